The molecule has 1 amide bonds. The van der Waals surface area contributed by atoms with Gasteiger partial charge in [0.1, 0.15) is 0 Å². The molecule has 0 radical (unpaired) electrons. The van der Waals surface area contributed by atoms with Crippen LogP contribution in [0, 0.1) is 0 Å². The van der Waals surface area contributed by atoms with E-state index >= 15 is 0 Å². The van der Waals surface area contributed by atoms with Gasteiger partial charge in [-0.15, -0.1) is 0 Å². The summed E-state index contributed by atoms with van der Waals surface area (Å²) < 4.78 is 21.6. The summed E-state index contributed by atoms with van der Waals surface area (Å²) in [6, 6.07) is 0. The Bertz CT molecular complexity index is 200. The molecule has 0 aromatic rings. The third-order valence-electron chi connectivity index (χ3n) is 1.38. The number of hydrogen-bond donors (Lipinski definition) is 1. The van der Waals surface area contributed by atoms with Crippen molar-refractivity contribution < 1.29 is 23.6 Å². The number of hydroxylamine groups is 2. The van der Waals surface area contributed by atoms with E-state index in [9.17, 15) is 9.36 Å². The van der Waals surface area contributed by atoms with Crippen molar-refractivity contribution in [1.82, 2.24) is 5.06 Å². The number of carbonyl (C=O) groups is 1. The van der Waals surface area contributed by atoms with Gasteiger partial charge in [0.25, 0.3) is 0 Å². The maximum atomic E-state index is 11.7. The Kier molecular flexibility index (Phi) is 6.74. The van der Waals surface area contributed by atoms with Crippen LogP contribution in [-0.4, -0.2) is 42.6 Å². The van der Waals surface area contributed by atoms with Crippen LogP contribution in [0.15, 0.2) is 0 Å². The Morgan fingerprint density at radius 3 is 2.21 bits per heavy atom. The molecule has 6 nitrogen and oxygen atoms in total. The molecule has 1 N–H and O–H groups in total. The second-order valence-electron chi connectivity index (χ2n) is 2.44. The van der Waals surface area contributed by atoms with E-state index in [-0.39, 0.29) is 32.3 Å². The number of nitrogens with zero attached hydrogens (tertiary/aromatic N) is 1. The quantitative estimate of drug-likeness (QED) is 0.290. The molecule has 0 saturated carbocycles. The van der Waals surface area contributed by atoms with Crippen molar-refractivity contribution in [1.29, 1.82) is 0 Å². The Morgan fingerprint density at radius 2 is 1.86 bits per heavy atom. The van der Waals surface area contributed by atoms with Gasteiger partial charge in [0.05, 0.1) is 25.9 Å². The van der Waals surface area contributed by atoms with Crippen LogP contribution in [0.4, 0.5) is 0 Å². The predicted octanol–water partition coefficient (Wildman–Crippen LogP) is 1.10. The summed E-state index contributed by atoms with van der Waals surface area (Å²) in [5.74, 6) is 0. The smallest absolute Gasteiger partial charge is 0.309 e. The molecule has 0 aliphatic rings. The lowest BCUT2D eigenvalue weighted by molar-refractivity contribution is -0.148. The number of carbonyl (C=O) groups excluding carboxylic acids is 1. The Morgan fingerprint density at radius 1 is 1.36 bits per heavy atom. The van der Waals surface area contributed by atoms with Crippen LogP contribution in [0.3, 0.4) is 0 Å². The third kappa shape index (κ3) is 5.34. The predicted molar refractivity (Wildman–Crippen MR) is 50.3 cm³/mol. The van der Waals surface area contributed by atoms with Crippen molar-refractivity contribution in [2.75, 3.05) is 25.9 Å². The van der Waals surface area contributed by atoms with Crippen LogP contribution in [0.25, 0.3) is 0 Å². The van der Waals surface area contributed by atoms with Gasteiger partial charge in [-0.1, -0.05) is 0 Å². The summed E-state index contributed by atoms with van der Waals surface area (Å²) in [4.78, 5) is 10.0. The molecular formula is C7H16NO5P. The third-order valence-corrected chi connectivity index (χ3v) is 3.43. The first-order chi connectivity index (χ1) is 6.58. The average molecular weight is 225 g/mol. The van der Waals surface area contributed by atoms with Gasteiger partial charge in [-0.3, -0.25) is 14.6 Å². The molecule has 14 heavy (non-hydrogen) atoms. The molecule has 84 valence electrons. The van der Waals surface area contributed by atoms with Crippen LogP contribution in [0.5, 0.6) is 0 Å². The minimum absolute atomic E-state index is 0.01000. The molecule has 0 heterocycles. The fraction of sp³-hybridized carbons (Fsp3) is 0.857. The second kappa shape index (κ2) is 6.95. The van der Waals surface area contributed by atoms with E-state index in [1.807, 2.05) is 0 Å². The monoisotopic (exact) mass is 225 g/mol. The molecule has 0 aliphatic carbocycles. The largest absolute Gasteiger partial charge is 0.332 e. The molecule has 0 saturated heterocycles. The van der Waals surface area contributed by atoms with Crippen molar-refractivity contribution in [2.24, 2.45) is 0 Å². The van der Waals surface area contributed by atoms with Crippen LogP contribution >= 0.6 is 7.60 Å². The number of rotatable bonds is 8. The van der Waals surface area contributed by atoms with E-state index in [0.717, 1.165) is 0 Å². The van der Waals surface area contributed by atoms with Crippen molar-refractivity contribution in [3.63, 3.8) is 0 Å². The van der Waals surface area contributed by atoms with Gasteiger partial charge in [-0.2, -0.15) is 0 Å². The molecule has 0 rings (SSSR count). The maximum Gasteiger partial charge on any atom is 0.332 e. The Hall–Kier alpha value is -0.420. The second-order valence-corrected chi connectivity index (χ2v) is 4.62. The number of hydrogen-bond acceptors (Lipinski definition) is 5. The van der Waals surface area contributed by atoms with Crippen molar-refractivity contribution >= 4 is 14.0 Å². The highest BCUT2D eigenvalue weighted by molar-refractivity contribution is 7.53. The van der Waals surface area contributed by atoms with E-state index in [4.69, 9.17) is 14.3 Å². The van der Waals surface area contributed by atoms with Crippen LogP contribution in [0.1, 0.15) is 13.8 Å². The highest BCUT2D eigenvalue weighted by atomic mass is 31.2. The SMILES string of the molecule is CCOP(=O)(CCN(O)C=O)OCC. The maximum absolute atomic E-state index is 11.7. The molecule has 0 fully saturated rings. The summed E-state index contributed by atoms with van der Waals surface area (Å²) in [5.41, 5.74) is 0. The van der Waals surface area contributed by atoms with Gasteiger partial charge >= 0.3 is 7.60 Å². The van der Waals surface area contributed by atoms with E-state index in [1.54, 1.807) is 13.8 Å². The minimum atomic E-state index is -3.15. The molecule has 0 aliphatic heterocycles. The first-order valence-electron chi connectivity index (χ1n) is 4.37. The van der Waals surface area contributed by atoms with E-state index in [2.05, 4.69) is 0 Å². The van der Waals surface area contributed by atoms with E-state index < -0.39 is 7.60 Å². The fourth-order valence-electron chi connectivity index (χ4n) is 0.837. The standard InChI is InChI=1S/C7H16NO5P/c1-3-12-14(11,13-4-2)6-5-8(10)7-9/h7,10H,3-6H2,1-2H3. The van der Waals surface area contributed by atoms with Crippen molar-refractivity contribution in [3.8, 4) is 0 Å². The molecule has 0 atom stereocenters. The molecule has 7 heteroatoms. The zero-order valence-corrected chi connectivity index (χ0v) is 9.27. The van der Waals surface area contributed by atoms with Crippen molar-refractivity contribution in [2.45, 2.75) is 13.8 Å². The van der Waals surface area contributed by atoms with Gasteiger partial charge in [0.2, 0.25) is 6.41 Å². The van der Waals surface area contributed by atoms with Crippen LogP contribution in [0.2, 0.25) is 0 Å². The topological polar surface area (TPSA) is 76.1 Å². The summed E-state index contributed by atoms with van der Waals surface area (Å²) >= 11 is 0. The average Bonchev–Trinajstić information content (AvgIpc) is 2.15. The summed E-state index contributed by atoms with van der Waals surface area (Å²) in [7, 11) is -3.15. The highest BCUT2D eigenvalue weighted by Gasteiger charge is 2.23. The zero-order chi connectivity index (χ0) is 11.0. The Balaban J connectivity index is 4.08. The fourth-order valence-corrected chi connectivity index (χ4v) is 2.41. The lowest BCUT2D eigenvalue weighted by Gasteiger charge is -2.18. The zero-order valence-electron chi connectivity index (χ0n) is 8.38. The highest BCUT2D eigenvalue weighted by Crippen LogP contribution is 2.47. The normalized spacial score (nSPS) is 11.4. The van der Waals surface area contributed by atoms with Gasteiger partial charge < -0.3 is 9.05 Å². The minimum Gasteiger partial charge on any atom is -0.309 e. The molecule has 0 unspecified atom stereocenters. The molecule has 0 aromatic heterocycles. The lowest BCUT2D eigenvalue weighted by atomic mass is 10.7. The first-order valence-corrected chi connectivity index (χ1v) is 6.09. The van der Waals surface area contributed by atoms with E-state index in [0.29, 0.717) is 5.06 Å². The number of amides is 1. The van der Waals surface area contributed by atoms with Gasteiger partial charge in [-0.25, -0.2) is 5.06 Å². The van der Waals surface area contributed by atoms with E-state index in [1.165, 1.54) is 0 Å². The van der Waals surface area contributed by atoms with Crippen LogP contribution in [-0.2, 0) is 18.4 Å². The van der Waals surface area contributed by atoms with Gasteiger partial charge in [0, 0.05) is 0 Å². The first kappa shape index (κ1) is 13.6. The molecular weight excluding hydrogens is 209 g/mol. The molecule has 0 bridgehead atoms. The summed E-state index contributed by atoms with van der Waals surface area (Å²) in [5, 5.41) is 9.20. The Labute approximate surface area is 83.3 Å². The van der Waals surface area contributed by atoms with Gasteiger partial charge in [-0.05, 0) is 13.8 Å². The lowest BCUT2D eigenvalue weighted by Crippen LogP contribution is -2.21. The summed E-state index contributed by atoms with van der Waals surface area (Å²) in [6.07, 6.45) is 0.228. The van der Waals surface area contributed by atoms with Crippen LogP contribution < -0.4 is 0 Å². The van der Waals surface area contributed by atoms with Crippen molar-refractivity contribution in [3.05, 3.63) is 0 Å². The molecule has 0 aromatic carbocycles. The molecule has 0 spiro atoms. The summed E-state index contributed by atoms with van der Waals surface area (Å²) in [6.45, 7) is 3.86. The van der Waals surface area contributed by atoms with Gasteiger partial charge in [0.15, 0.2) is 0 Å².